The van der Waals surface area contributed by atoms with Crippen LogP contribution in [0, 0.1) is 5.82 Å². The number of aliphatic carboxylic acids is 1. The van der Waals surface area contributed by atoms with Gasteiger partial charge in [0.05, 0.1) is 10.6 Å². The van der Waals surface area contributed by atoms with Crippen LogP contribution in [0.3, 0.4) is 0 Å². The van der Waals surface area contributed by atoms with Crippen LogP contribution in [0.15, 0.2) is 33.8 Å². The lowest BCUT2D eigenvalue weighted by Gasteiger charge is -2.23. The number of nitrogens with one attached hydrogen (secondary N) is 1. The summed E-state index contributed by atoms with van der Waals surface area (Å²) in [5, 5.41) is 11.3. The van der Waals surface area contributed by atoms with E-state index in [1.165, 1.54) is 17.8 Å². The maximum Gasteiger partial charge on any atom is 0.346 e. The summed E-state index contributed by atoms with van der Waals surface area (Å²) in [6.07, 6.45) is 0. The van der Waals surface area contributed by atoms with E-state index < -0.39 is 17.6 Å². The third-order valence-corrected chi connectivity index (χ3v) is 4.62. The van der Waals surface area contributed by atoms with Gasteiger partial charge < -0.3 is 5.11 Å². The minimum atomic E-state index is -1.31. The fourth-order valence-corrected chi connectivity index (χ4v) is 3.60. The summed E-state index contributed by atoms with van der Waals surface area (Å²) in [5.74, 6) is -2.73. The van der Waals surface area contributed by atoms with E-state index in [1.54, 1.807) is 5.41 Å². The second-order valence-corrected chi connectivity index (χ2v) is 5.73. The van der Waals surface area contributed by atoms with Gasteiger partial charge in [-0.2, -0.15) is 0 Å². The van der Waals surface area contributed by atoms with E-state index in [4.69, 9.17) is 11.6 Å². The molecule has 0 amide bonds. The van der Waals surface area contributed by atoms with Gasteiger partial charge in [-0.05, 0) is 17.8 Å². The molecule has 0 fully saturated rings. The lowest BCUT2D eigenvalue weighted by Crippen LogP contribution is -3.02. The summed E-state index contributed by atoms with van der Waals surface area (Å²) in [6.45, 7) is 1.81. The third-order valence-electron chi connectivity index (χ3n) is 3.22. The number of Topliss-reactive ketones (excluding diaryl/α,β-unsaturated/α-hetero) is 1. The van der Waals surface area contributed by atoms with Crippen LogP contribution in [0.2, 0.25) is 5.02 Å². The Labute approximate surface area is 122 Å². The number of carboxylic acids is 1. The number of hydrogen-bond acceptors (Lipinski definition) is 3. The molecule has 2 N–H and O–H groups in total. The van der Waals surface area contributed by atoms with Crippen molar-refractivity contribution in [3.05, 3.63) is 50.2 Å². The standard InChI is InChI=1S/C13H7ClFNO3S/c1-5-4-20-12-10(13(18)19)11(17)6-2-8(15)7(14)3-9(6)16(5)12/h2-4H,1H3,(H,18,19)/p+1. The molecular formula is C13H8ClFNO3S+. The zero-order valence-electron chi connectivity index (χ0n) is 10.2. The highest BCUT2D eigenvalue weighted by Gasteiger charge is 2.44. The first kappa shape index (κ1) is 13.4. The van der Waals surface area contributed by atoms with Crippen LogP contribution in [0.25, 0.3) is 0 Å². The topological polar surface area (TPSA) is 58.8 Å². The SMILES string of the molecule is CC1=CSC2=C(C(=O)O)C(=O)c3cc(F)c(Cl)cc3[NH+]12. The first-order valence-corrected chi connectivity index (χ1v) is 6.90. The molecule has 2 aliphatic heterocycles. The van der Waals surface area contributed by atoms with E-state index in [1.807, 2.05) is 6.92 Å². The lowest BCUT2D eigenvalue weighted by atomic mass is 9.97. The van der Waals surface area contributed by atoms with Gasteiger partial charge in [0, 0.05) is 18.4 Å². The summed E-state index contributed by atoms with van der Waals surface area (Å²) >= 11 is 6.96. The molecule has 0 bridgehead atoms. The van der Waals surface area contributed by atoms with Crippen molar-refractivity contribution in [2.45, 2.75) is 6.92 Å². The van der Waals surface area contributed by atoms with Crippen LogP contribution >= 0.6 is 23.4 Å². The molecule has 0 spiro atoms. The van der Waals surface area contributed by atoms with E-state index in [0.717, 1.165) is 11.8 Å². The summed E-state index contributed by atoms with van der Waals surface area (Å²) in [4.78, 5) is 24.2. The Morgan fingerprint density at radius 3 is 2.80 bits per heavy atom. The third kappa shape index (κ3) is 1.72. The molecule has 0 aliphatic carbocycles. The van der Waals surface area contributed by atoms with Gasteiger partial charge in [0.1, 0.15) is 11.5 Å². The molecule has 0 saturated carbocycles. The number of allylic oxidation sites excluding steroid dienone is 1. The number of benzene rings is 1. The van der Waals surface area contributed by atoms with Crippen LogP contribution in [0.1, 0.15) is 17.3 Å². The molecule has 3 rings (SSSR count). The van der Waals surface area contributed by atoms with E-state index in [0.29, 0.717) is 15.6 Å². The summed E-state index contributed by atoms with van der Waals surface area (Å²) < 4.78 is 13.6. The number of hydrogen-bond donors (Lipinski definition) is 2. The molecule has 7 heteroatoms. The van der Waals surface area contributed by atoms with Gasteiger partial charge in [0.15, 0.2) is 16.3 Å². The van der Waals surface area contributed by atoms with Crippen molar-refractivity contribution in [3.63, 3.8) is 0 Å². The highest BCUT2D eigenvalue weighted by atomic mass is 35.5. The lowest BCUT2D eigenvalue weighted by molar-refractivity contribution is -0.734. The van der Waals surface area contributed by atoms with Crippen molar-refractivity contribution in [2.24, 2.45) is 0 Å². The Balaban J connectivity index is 2.33. The molecule has 0 saturated heterocycles. The summed E-state index contributed by atoms with van der Waals surface area (Å²) in [7, 11) is 0. The average molecular weight is 313 g/mol. The number of quaternary nitrogens is 1. The zero-order valence-corrected chi connectivity index (χ0v) is 11.7. The van der Waals surface area contributed by atoms with Crippen LogP contribution in [0.5, 0.6) is 0 Å². The predicted octanol–water partition coefficient (Wildman–Crippen LogP) is 2.10. The minimum Gasteiger partial charge on any atom is -0.477 e. The number of rotatable bonds is 1. The molecule has 1 unspecified atom stereocenters. The van der Waals surface area contributed by atoms with Gasteiger partial charge in [-0.3, -0.25) is 4.79 Å². The molecule has 102 valence electrons. The number of carboxylic acid groups (broad SMARTS) is 1. The number of thioether (sulfide) groups is 1. The Morgan fingerprint density at radius 1 is 1.45 bits per heavy atom. The molecule has 4 nitrogen and oxygen atoms in total. The largest absolute Gasteiger partial charge is 0.477 e. The molecule has 2 heterocycles. The first-order valence-electron chi connectivity index (χ1n) is 5.64. The van der Waals surface area contributed by atoms with Crippen LogP contribution in [-0.2, 0) is 4.79 Å². The van der Waals surface area contributed by atoms with Crippen LogP contribution < -0.4 is 4.90 Å². The van der Waals surface area contributed by atoms with Gasteiger partial charge in [-0.25, -0.2) is 14.1 Å². The van der Waals surface area contributed by atoms with Crippen molar-refractivity contribution in [1.29, 1.82) is 0 Å². The fourth-order valence-electron chi connectivity index (χ4n) is 2.34. The molecule has 1 atom stereocenters. The number of fused-ring (bicyclic) bond motifs is 3. The van der Waals surface area contributed by atoms with Crippen molar-refractivity contribution in [1.82, 2.24) is 0 Å². The number of carbonyl (C=O) groups excluding carboxylic acids is 1. The molecule has 1 aromatic carbocycles. The Morgan fingerprint density at radius 2 is 2.15 bits per heavy atom. The normalized spacial score (nSPS) is 20.6. The number of halogens is 2. The number of ketones is 1. The zero-order chi connectivity index (χ0) is 14.6. The summed E-state index contributed by atoms with van der Waals surface area (Å²) in [5.41, 5.74) is 1.05. The summed E-state index contributed by atoms with van der Waals surface area (Å²) in [6, 6.07) is 2.38. The molecule has 2 aliphatic rings. The fraction of sp³-hybridized carbons (Fsp3) is 0.0769. The van der Waals surface area contributed by atoms with E-state index >= 15 is 0 Å². The van der Waals surface area contributed by atoms with Crippen LogP contribution in [0.4, 0.5) is 10.1 Å². The molecule has 0 radical (unpaired) electrons. The van der Waals surface area contributed by atoms with Gasteiger partial charge in [0.25, 0.3) is 0 Å². The van der Waals surface area contributed by atoms with Crippen molar-refractivity contribution in [2.75, 3.05) is 0 Å². The smallest absolute Gasteiger partial charge is 0.346 e. The Bertz CT molecular complexity index is 741. The highest BCUT2D eigenvalue weighted by Crippen LogP contribution is 2.35. The van der Waals surface area contributed by atoms with E-state index in [2.05, 4.69) is 0 Å². The molecule has 20 heavy (non-hydrogen) atoms. The Hall–Kier alpha value is -1.63. The van der Waals surface area contributed by atoms with E-state index in [9.17, 15) is 19.1 Å². The van der Waals surface area contributed by atoms with Crippen molar-refractivity contribution < 1.29 is 24.0 Å². The van der Waals surface area contributed by atoms with Crippen molar-refractivity contribution >= 4 is 40.8 Å². The second-order valence-electron chi connectivity index (χ2n) is 4.44. The maximum absolute atomic E-state index is 13.6. The average Bonchev–Trinajstić information content (AvgIpc) is 2.74. The van der Waals surface area contributed by atoms with Gasteiger partial charge >= 0.3 is 5.97 Å². The molecular weight excluding hydrogens is 305 g/mol. The van der Waals surface area contributed by atoms with Gasteiger partial charge in [-0.15, -0.1) is 0 Å². The van der Waals surface area contributed by atoms with Gasteiger partial charge in [-0.1, -0.05) is 11.6 Å². The number of carbonyl (C=O) groups is 2. The molecule has 0 aromatic heterocycles. The first-order chi connectivity index (χ1) is 9.41. The van der Waals surface area contributed by atoms with Crippen LogP contribution in [-0.4, -0.2) is 16.9 Å². The van der Waals surface area contributed by atoms with Crippen molar-refractivity contribution in [3.8, 4) is 0 Å². The molecule has 1 aromatic rings. The second kappa shape index (κ2) is 4.44. The quantitative estimate of drug-likeness (QED) is 0.780. The van der Waals surface area contributed by atoms with E-state index in [-0.39, 0.29) is 16.2 Å². The monoisotopic (exact) mass is 312 g/mol. The Kier molecular flexibility index (Phi) is 2.97. The minimum absolute atomic E-state index is 0.0401. The maximum atomic E-state index is 13.6. The highest BCUT2D eigenvalue weighted by molar-refractivity contribution is 8.05. The van der Waals surface area contributed by atoms with Gasteiger partial charge in [0.2, 0.25) is 5.78 Å². The predicted molar refractivity (Wildman–Crippen MR) is 72.4 cm³/mol.